The average molecular weight is 249 g/mol. The van der Waals surface area contributed by atoms with Crippen LogP contribution in [-0.2, 0) is 0 Å². The third-order valence-corrected chi connectivity index (χ3v) is 2.99. The lowest BCUT2D eigenvalue weighted by molar-refractivity contribution is 1.14. The Morgan fingerprint density at radius 2 is 1.79 bits per heavy atom. The number of pyridine rings is 1. The molecule has 0 fully saturated rings. The number of anilines is 3. The second-order valence-corrected chi connectivity index (χ2v) is 4.41. The van der Waals surface area contributed by atoms with Gasteiger partial charge in [-0.3, -0.25) is 4.90 Å². The molecule has 3 heteroatoms. The summed E-state index contributed by atoms with van der Waals surface area (Å²) >= 11 is 0. The van der Waals surface area contributed by atoms with Gasteiger partial charge in [0.25, 0.3) is 0 Å². The van der Waals surface area contributed by atoms with Gasteiger partial charge in [-0.15, -0.1) is 0 Å². The molecular formula is C16H15N3. The van der Waals surface area contributed by atoms with Crippen molar-refractivity contribution in [2.75, 3.05) is 4.90 Å². The van der Waals surface area contributed by atoms with Crippen molar-refractivity contribution in [3.05, 3.63) is 72.6 Å². The Morgan fingerprint density at radius 1 is 0.947 bits per heavy atom. The van der Waals surface area contributed by atoms with Gasteiger partial charge in [-0.1, -0.05) is 23.8 Å². The number of H-pyrrole nitrogens is 1. The van der Waals surface area contributed by atoms with Crippen molar-refractivity contribution in [2.24, 2.45) is 0 Å². The lowest BCUT2D eigenvalue weighted by Crippen LogP contribution is -2.11. The number of rotatable bonds is 3. The van der Waals surface area contributed by atoms with Gasteiger partial charge in [0.2, 0.25) is 0 Å². The average Bonchev–Trinajstić information content (AvgIpc) is 2.96. The standard InChI is InChI=1S/C16H15N3/c1-13-7-9-14(10-8-13)19(16-6-4-12-18-16)15-5-2-3-11-17-15/h2-12,18H,1H3. The third-order valence-electron chi connectivity index (χ3n) is 2.99. The van der Waals surface area contributed by atoms with Gasteiger partial charge in [0.05, 0.1) is 0 Å². The van der Waals surface area contributed by atoms with E-state index in [1.165, 1.54) is 5.56 Å². The van der Waals surface area contributed by atoms with Crippen LogP contribution in [0.15, 0.2) is 67.0 Å². The van der Waals surface area contributed by atoms with Gasteiger partial charge in [-0.2, -0.15) is 0 Å². The molecule has 3 rings (SSSR count). The molecule has 0 bridgehead atoms. The van der Waals surface area contributed by atoms with Crippen LogP contribution in [0.4, 0.5) is 17.3 Å². The maximum atomic E-state index is 4.44. The summed E-state index contributed by atoms with van der Waals surface area (Å²) in [6, 6.07) is 18.4. The number of aryl methyl sites for hydroxylation is 1. The molecule has 0 aliphatic carbocycles. The lowest BCUT2D eigenvalue weighted by atomic mass is 10.2. The smallest absolute Gasteiger partial charge is 0.138 e. The number of hydrogen-bond donors (Lipinski definition) is 1. The van der Waals surface area contributed by atoms with E-state index in [2.05, 4.69) is 46.1 Å². The Kier molecular flexibility index (Phi) is 3.02. The molecule has 3 aromatic rings. The monoisotopic (exact) mass is 249 g/mol. The highest BCUT2D eigenvalue weighted by Crippen LogP contribution is 2.31. The Balaban J connectivity index is 2.10. The Morgan fingerprint density at radius 3 is 2.42 bits per heavy atom. The van der Waals surface area contributed by atoms with Gasteiger partial charge in [-0.25, -0.2) is 4.98 Å². The van der Waals surface area contributed by atoms with Crippen LogP contribution in [0.2, 0.25) is 0 Å². The van der Waals surface area contributed by atoms with E-state index in [0.29, 0.717) is 0 Å². The first-order valence-corrected chi connectivity index (χ1v) is 6.26. The first kappa shape index (κ1) is 11.5. The van der Waals surface area contributed by atoms with Gasteiger partial charge in [0.1, 0.15) is 11.6 Å². The fraction of sp³-hybridized carbons (Fsp3) is 0.0625. The molecule has 0 saturated carbocycles. The molecule has 3 nitrogen and oxygen atoms in total. The van der Waals surface area contributed by atoms with E-state index in [1.807, 2.05) is 36.5 Å². The molecule has 0 radical (unpaired) electrons. The van der Waals surface area contributed by atoms with Crippen molar-refractivity contribution >= 4 is 17.3 Å². The van der Waals surface area contributed by atoms with Crippen LogP contribution in [0.5, 0.6) is 0 Å². The van der Waals surface area contributed by atoms with Crippen molar-refractivity contribution in [1.82, 2.24) is 9.97 Å². The van der Waals surface area contributed by atoms with Gasteiger partial charge in [0, 0.05) is 18.1 Å². The zero-order valence-corrected chi connectivity index (χ0v) is 10.7. The van der Waals surface area contributed by atoms with Gasteiger partial charge >= 0.3 is 0 Å². The van der Waals surface area contributed by atoms with E-state index in [0.717, 1.165) is 17.3 Å². The highest BCUT2D eigenvalue weighted by molar-refractivity contribution is 5.71. The predicted octanol–water partition coefficient (Wildman–Crippen LogP) is 4.19. The highest BCUT2D eigenvalue weighted by Gasteiger charge is 2.13. The summed E-state index contributed by atoms with van der Waals surface area (Å²) in [7, 11) is 0. The third kappa shape index (κ3) is 2.36. The van der Waals surface area contributed by atoms with Crippen LogP contribution in [0, 0.1) is 6.92 Å². The van der Waals surface area contributed by atoms with Crippen molar-refractivity contribution in [1.29, 1.82) is 0 Å². The van der Waals surface area contributed by atoms with Crippen LogP contribution in [-0.4, -0.2) is 9.97 Å². The Labute approximate surface area is 112 Å². The minimum atomic E-state index is 0.897. The molecule has 2 heterocycles. The number of nitrogens with one attached hydrogen (secondary N) is 1. The number of aromatic amines is 1. The largest absolute Gasteiger partial charge is 0.348 e. The first-order chi connectivity index (χ1) is 9.34. The summed E-state index contributed by atoms with van der Waals surface area (Å²) < 4.78 is 0. The van der Waals surface area contributed by atoms with E-state index in [9.17, 15) is 0 Å². The molecule has 0 unspecified atom stereocenters. The summed E-state index contributed by atoms with van der Waals surface area (Å²) in [5.74, 6) is 1.90. The van der Waals surface area contributed by atoms with Gasteiger partial charge in [-0.05, 0) is 43.3 Å². The minimum absolute atomic E-state index is 0.897. The zero-order chi connectivity index (χ0) is 13.1. The molecule has 94 valence electrons. The Hall–Kier alpha value is -2.55. The normalized spacial score (nSPS) is 10.4. The van der Waals surface area contributed by atoms with Crippen molar-refractivity contribution in [3.63, 3.8) is 0 Å². The quantitative estimate of drug-likeness (QED) is 0.754. The number of nitrogens with zero attached hydrogens (tertiary/aromatic N) is 2. The second-order valence-electron chi connectivity index (χ2n) is 4.41. The minimum Gasteiger partial charge on any atom is -0.348 e. The summed E-state index contributed by atoms with van der Waals surface area (Å²) in [5.41, 5.74) is 2.34. The van der Waals surface area contributed by atoms with Crippen LogP contribution in [0.3, 0.4) is 0 Å². The molecule has 0 aliphatic heterocycles. The molecule has 1 aromatic carbocycles. The first-order valence-electron chi connectivity index (χ1n) is 6.26. The second kappa shape index (κ2) is 4.98. The predicted molar refractivity (Wildman–Crippen MR) is 78.0 cm³/mol. The number of aromatic nitrogens is 2. The molecule has 2 aromatic heterocycles. The number of hydrogen-bond acceptors (Lipinski definition) is 2. The maximum absolute atomic E-state index is 4.44. The molecule has 1 N–H and O–H groups in total. The zero-order valence-electron chi connectivity index (χ0n) is 10.7. The van der Waals surface area contributed by atoms with Gasteiger partial charge < -0.3 is 4.98 Å². The van der Waals surface area contributed by atoms with Gasteiger partial charge in [0.15, 0.2) is 0 Å². The molecule has 0 amide bonds. The van der Waals surface area contributed by atoms with E-state index in [1.54, 1.807) is 6.20 Å². The van der Waals surface area contributed by atoms with E-state index < -0.39 is 0 Å². The summed E-state index contributed by atoms with van der Waals surface area (Å²) in [6.45, 7) is 2.09. The fourth-order valence-electron chi connectivity index (χ4n) is 2.03. The van der Waals surface area contributed by atoms with Crippen LogP contribution < -0.4 is 4.90 Å². The molecule has 19 heavy (non-hydrogen) atoms. The maximum Gasteiger partial charge on any atom is 0.138 e. The fourth-order valence-corrected chi connectivity index (χ4v) is 2.03. The van der Waals surface area contributed by atoms with Crippen molar-refractivity contribution < 1.29 is 0 Å². The topological polar surface area (TPSA) is 31.9 Å². The van der Waals surface area contributed by atoms with Crippen LogP contribution in [0.1, 0.15) is 5.56 Å². The number of benzene rings is 1. The summed E-state index contributed by atoms with van der Waals surface area (Å²) in [6.07, 6.45) is 3.72. The summed E-state index contributed by atoms with van der Waals surface area (Å²) in [5, 5.41) is 0. The van der Waals surface area contributed by atoms with Crippen LogP contribution in [0.25, 0.3) is 0 Å². The van der Waals surface area contributed by atoms with E-state index in [-0.39, 0.29) is 0 Å². The molecular weight excluding hydrogens is 234 g/mol. The molecule has 0 atom stereocenters. The molecule has 0 aliphatic rings. The highest BCUT2D eigenvalue weighted by atomic mass is 15.2. The SMILES string of the molecule is Cc1ccc(N(c2ccccn2)c2ccc[nH]2)cc1. The van der Waals surface area contributed by atoms with Crippen molar-refractivity contribution in [3.8, 4) is 0 Å². The van der Waals surface area contributed by atoms with E-state index >= 15 is 0 Å². The summed E-state index contributed by atoms with van der Waals surface area (Å²) in [4.78, 5) is 9.77. The lowest BCUT2D eigenvalue weighted by Gasteiger charge is -2.22. The Bertz CT molecular complexity index is 628. The van der Waals surface area contributed by atoms with Crippen molar-refractivity contribution in [2.45, 2.75) is 6.92 Å². The molecule has 0 spiro atoms. The van der Waals surface area contributed by atoms with Crippen LogP contribution >= 0.6 is 0 Å². The molecule has 0 saturated heterocycles. The van der Waals surface area contributed by atoms with E-state index in [4.69, 9.17) is 0 Å².